The molecule has 3 atom stereocenters. The van der Waals surface area contributed by atoms with Crippen LogP contribution in [0, 0.1) is 11.8 Å². The minimum atomic E-state index is -0.860. The van der Waals surface area contributed by atoms with E-state index in [4.69, 9.17) is 0 Å². The zero-order chi connectivity index (χ0) is 20.8. The number of carbonyl (C=O) groups excluding carboxylic acids is 2. The number of hydrogen-bond donors (Lipinski definition) is 2. The first-order valence-electron chi connectivity index (χ1n) is 9.85. The summed E-state index contributed by atoms with van der Waals surface area (Å²) in [7, 11) is 1.69. The van der Waals surface area contributed by atoms with Gasteiger partial charge >= 0.3 is 5.97 Å². The first-order chi connectivity index (χ1) is 14.0. The first-order valence-corrected chi connectivity index (χ1v) is 9.85. The van der Waals surface area contributed by atoms with Crippen LogP contribution in [0.5, 0.6) is 0 Å². The molecule has 0 aromatic heterocycles. The number of carboxylic acids is 1. The van der Waals surface area contributed by atoms with Gasteiger partial charge in [0.25, 0.3) is 0 Å². The van der Waals surface area contributed by atoms with E-state index in [1.54, 1.807) is 11.9 Å². The molecule has 0 radical (unpaired) electrons. The molecule has 0 spiro atoms. The number of likely N-dealkylation sites (N-methyl/N-ethyl adjacent to an activating group) is 1. The number of aliphatic carboxylic acids is 1. The molecule has 1 fully saturated rings. The number of benzene rings is 2. The number of nitrogens with one attached hydrogen (secondary N) is 1. The van der Waals surface area contributed by atoms with Crippen molar-refractivity contribution in [2.45, 2.75) is 31.7 Å². The highest BCUT2D eigenvalue weighted by atomic mass is 16.4. The van der Waals surface area contributed by atoms with E-state index < -0.39 is 17.9 Å². The predicted molar refractivity (Wildman–Crippen MR) is 110 cm³/mol. The molecule has 29 heavy (non-hydrogen) atoms. The summed E-state index contributed by atoms with van der Waals surface area (Å²) in [6.07, 6.45) is 1.72. The molecule has 3 rings (SSSR count). The molecule has 0 heterocycles. The third kappa shape index (κ3) is 5.22. The highest BCUT2D eigenvalue weighted by Gasteiger charge is 2.35. The molecule has 2 aromatic carbocycles. The highest BCUT2D eigenvalue weighted by molar-refractivity contribution is 5.99. The fraction of sp³-hybridized carbons (Fsp3) is 0.348. The van der Waals surface area contributed by atoms with E-state index in [1.807, 2.05) is 60.7 Å². The summed E-state index contributed by atoms with van der Waals surface area (Å²) in [4.78, 5) is 38.7. The minimum absolute atomic E-state index is 0.207. The van der Waals surface area contributed by atoms with Gasteiger partial charge in [0.1, 0.15) is 6.04 Å². The van der Waals surface area contributed by atoms with Gasteiger partial charge in [-0.15, -0.1) is 0 Å². The molecule has 1 saturated carbocycles. The Hall–Kier alpha value is -3.15. The molecule has 1 aliphatic carbocycles. The molecule has 152 valence electrons. The van der Waals surface area contributed by atoms with Crippen LogP contribution in [0.15, 0.2) is 60.7 Å². The summed E-state index contributed by atoms with van der Waals surface area (Å²) in [5.74, 6) is -2.17. The lowest BCUT2D eigenvalue weighted by atomic mass is 10.0. The quantitative estimate of drug-likeness (QED) is 0.756. The van der Waals surface area contributed by atoms with Gasteiger partial charge in [-0.25, -0.2) is 0 Å². The summed E-state index contributed by atoms with van der Waals surface area (Å²) in [6.45, 7) is 0. The molecular formula is C23H26N2O4. The Morgan fingerprint density at radius 3 is 2.17 bits per heavy atom. The second-order valence-electron chi connectivity index (χ2n) is 7.53. The standard InChI is InChI=1S/C23H26N2O4/c1-25(19-10-6-3-7-11-19)22(27)20(14-16-8-4-2-5-9-16)24-21(26)17-12-13-18(15-17)23(28)29/h2-11,17-18,20H,12-15H2,1H3,(H,24,26)(H,28,29)/t17-,18+,20+/m1/s1. The predicted octanol–water partition coefficient (Wildman–Crippen LogP) is 2.88. The molecule has 0 aliphatic heterocycles. The summed E-state index contributed by atoms with van der Waals surface area (Å²) < 4.78 is 0. The number of nitrogens with zero attached hydrogens (tertiary/aromatic N) is 1. The van der Waals surface area contributed by atoms with Gasteiger partial charge in [0.2, 0.25) is 11.8 Å². The van der Waals surface area contributed by atoms with Gasteiger partial charge in [0, 0.05) is 25.1 Å². The molecule has 1 aliphatic rings. The summed E-state index contributed by atoms with van der Waals surface area (Å²) in [5.41, 5.74) is 1.69. The van der Waals surface area contributed by atoms with Crippen molar-refractivity contribution in [1.29, 1.82) is 0 Å². The molecule has 0 unspecified atom stereocenters. The van der Waals surface area contributed by atoms with Crippen LogP contribution in [0.4, 0.5) is 5.69 Å². The van der Waals surface area contributed by atoms with Gasteiger partial charge in [-0.1, -0.05) is 48.5 Å². The van der Waals surface area contributed by atoms with Crippen LogP contribution in [0.1, 0.15) is 24.8 Å². The van der Waals surface area contributed by atoms with Crippen molar-refractivity contribution < 1.29 is 19.5 Å². The second-order valence-corrected chi connectivity index (χ2v) is 7.53. The molecule has 2 amide bonds. The SMILES string of the molecule is CN(C(=O)[C@H](Cc1ccccc1)NC(=O)[C@@H]1CC[C@H](C(=O)O)C1)c1ccccc1. The monoisotopic (exact) mass is 394 g/mol. The van der Waals surface area contributed by atoms with Crippen LogP contribution in [0.3, 0.4) is 0 Å². The van der Waals surface area contributed by atoms with Crippen LogP contribution in [0.2, 0.25) is 0 Å². The minimum Gasteiger partial charge on any atom is -0.481 e. The maximum Gasteiger partial charge on any atom is 0.306 e. The van der Waals surface area contributed by atoms with Crippen molar-refractivity contribution in [2.24, 2.45) is 11.8 Å². The van der Waals surface area contributed by atoms with E-state index in [9.17, 15) is 19.5 Å². The Bertz CT molecular complexity index is 854. The van der Waals surface area contributed by atoms with Crippen molar-refractivity contribution in [1.82, 2.24) is 5.32 Å². The van der Waals surface area contributed by atoms with E-state index in [-0.39, 0.29) is 17.7 Å². The second kappa shape index (κ2) is 9.37. The van der Waals surface area contributed by atoms with Crippen LogP contribution in [-0.4, -0.2) is 36.0 Å². The van der Waals surface area contributed by atoms with Gasteiger partial charge in [0.15, 0.2) is 0 Å². The lowest BCUT2D eigenvalue weighted by Crippen LogP contribution is -2.50. The largest absolute Gasteiger partial charge is 0.481 e. The first kappa shape index (κ1) is 20.6. The van der Waals surface area contributed by atoms with Crippen LogP contribution in [0.25, 0.3) is 0 Å². The average molecular weight is 394 g/mol. The lowest BCUT2D eigenvalue weighted by Gasteiger charge is -2.26. The van der Waals surface area contributed by atoms with Crippen LogP contribution in [-0.2, 0) is 20.8 Å². The zero-order valence-electron chi connectivity index (χ0n) is 16.5. The maximum absolute atomic E-state index is 13.2. The maximum atomic E-state index is 13.2. The fourth-order valence-electron chi connectivity index (χ4n) is 3.80. The van der Waals surface area contributed by atoms with Crippen molar-refractivity contribution in [3.63, 3.8) is 0 Å². The summed E-state index contributed by atoms with van der Waals surface area (Å²) in [5, 5.41) is 12.1. The van der Waals surface area contributed by atoms with E-state index in [0.29, 0.717) is 25.7 Å². The molecule has 0 bridgehead atoms. The number of hydrogen-bond acceptors (Lipinski definition) is 3. The van der Waals surface area contributed by atoms with Gasteiger partial charge in [-0.2, -0.15) is 0 Å². The van der Waals surface area contributed by atoms with Gasteiger partial charge in [0.05, 0.1) is 5.92 Å². The zero-order valence-corrected chi connectivity index (χ0v) is 16.5. The van der Waals surface area contributed by atoms with Crippen LogP contribution < -0.4 is 10.2 Å². The number of amides is 2. The Labute approximate surface area is 170 Å². The van der Waals surface area contributed by atoms with Crippen molar-refractivity contribution in [3.05, 3.63) is 66.2 Å². The summed E-state index contributed by atoms with van der Waals surface area (Å²) >= 11 is 0. The molecule has 6 nitrogen and oxygen atoms in total. The summed E-state index contributed by atoms with van der Waals surface area (Å²) in [6, 6.07) is 18.1. The van der Waals surface area contributed by atoms with E-state index in [0.717, 1.165) is 11.3 Å². The molecule has 2 N–H and O–H groups in total. The Balaban J connectivity index is 1.75. The molecule has 2 aromatic rings. The van der Waals surface area contributed by atoms with Crippen molar-refractivity contribution >= 4 is 23.5 Å². The highest BCUT2D eigenvalue weighted by Crippen LogP contribution is 2.31. The van der Waals surface area contributed by atoms with Gasteiger partial charge < -0.3 is 15.3 Å². The van der Waals surface area contributed by atoms with Crippen molar-refractivity contribution in [2.75, 3.05) is 11.9 Å². The number of carbonyl (C=O) groups is 3. The third-order valence-corrected chi connectivity index (χ3v) is 5.52. The number of carboxylic acid groups (broad SMARTS) is 1. The number of anilines is 1. The number of rotatable bonds is 7. The molecule has 0 saturated heterocycles. The number of para-hydroxylation sites is 1. The van der Waals surface area contributed by atoms with E-state index in [2.05, 4.69) is 5.32 Å². The third-order valence-electron chi connectivity index (χ3n) is 5.52. The molecule has 6 heteroatoms. The van der Waals surface area contributed by atoms with Gasteiger partial charge in [-0.05, 0) is 37.0 Å². The molecular weight excluding hydrogens is 368 g/mol. The lowest BCUT2D eigenvalue weighted by molar-refractivity contribution is -0.141. The smallest absolute Gasteiger partial charge is 0.306 e. The van der Waals surface area contributed by atoms with Gasteiger partial charge in [-0.3, -0.25) is 14.4 Å². The Morgan fingerprint density at radius 1 is 1.00 bits per heavy atom. The van der Waals surface area contributed by atoms with Crippen LogP contribution >= 0.6 is 0 Å². The average Bonchev–Trinajstić information content (AvgIpc) is 3.24. The normalized spacial score (nSPS) is 19.3. The topological polar surface area (TPSA) is 86.7 Å². The Morgan fingerprint density at radius 2 is 1.59 bits per heavy atom. The van der Waals surface area contributed by atoms with E-state index >= 15 is 0 Å². The fourth-order valence-corrected chi connectivity index (χ4v) is 3.80. The van der Waals surface area contributed by atoms with E-state index in [1.165, 1.54) is 0 Å². The Kier molecular flexibility index (Phi) is 6.65. The van der Waals surface area contributed by atoms with Crippen molar-refractivity contribution in [3.8, 4) is 0 Å².